The third-order valence-electron chi connectivity index (χ3n) is 6.92. The topological polar surface area (TPSA) is 135 Å². The van der Waals surface area contributed by atoms with Crippen LogP contribution in [0.5, 0.6) is 0 Å². The molecule has 1 aromatic heterocycles. The van der Waals surface area contributed by atoms with Crippen LogP contribution in [0, 0.1) is 0 Å². The first-order valence-electron chi connectivity index (χ1n) is 13.7. The molecule has 218 valence electrons. The van der Waals surface area contributed by atoms with E-state index in [4.69, 9.17) is 10.5 Å². The number of ether oxygens (including phenoxy) is 1. The molecule has 1 saturated heterocycles. The number of hydrogen-bond acceptors (Lipinski definition) is 7. The van der Waals surface area contributed by atoms with Crippen LogP contribution in [0.3, 0.4) is 0 Å². The highest BCUT2D eigenvalue weighted by molar-refractivity contribution is 5.98. The summed E-state index contributed by atoms with van der Waals surface area (Å²) in [6, 6.07) is 17.4. The maximum atomic E-state index is 13.7. The summed E-state index contributed by atoms with van der Waals surface area (Å²) in [5.74, 6) is -0.795. The van der Waals surface area contributed by atoms with Crippen molar-refractivity contribution in [2.24, 2.45) is 5.73 Å². The summed E-state index contributed by atoms with van der Waals surface area (Å²) in [7, 11) is 2.04. The van der Waals surface area contributed by atoms with Gasteiger partial charge in [0.05, 0.1) is 25.1 Å². The first-order valence-corrected chi connectivity index (χ1v) is 13.7. The summed E-state index contributed by atoms with van der Waals surface area (Å²) in [5.41, 5.74) is 6.52. The van der Waals surface area contributed by atoms with Crippen molar-refractivity contribution in [1.29, 1.82) is 0 Å². The number of nitrogens with zero attached hydrogens (tertiary/aromatic N) is 4. The predicted octanol–water partition coefficient (Wildman–Crippen LogP) is 1.62. The molecule has 11 nitrogen and oxygen atoms in total. The van der Waals surface area contributed by atoms with E-state index in [-0.39, 0.29) is 24.9 Å². The summed E-state index contributed by atoms with van der Waals surface area (Å²) in [6.45, 7) is 6.20. The number of aromatic nitrogens is 2. The van der Waals surface area contributed by atoms with Crippen LogP contribution in [0.25, 0.3) is 0 Å². The SMILES string of the molecule is CN1CCN(C(=O)C(c2ccccc2)n2cnc(NC(=O)[C@@H](COCc3ccccc3)NC(=O)C(C)(C)N)c2)CC1. The molecule has 4 N–H and O–H groups in total. The minimum absolute atomic E-state index is 0.0378. The lowest BCUT2D eigenvalue weighted by molar-refractivity contribution is -0.135. The second kappa shape index (κ2) is 13.5. The molecule has 3 amide bonds. The first-order chi connectivity index (χ1) is 19.6. The van der Waals surface area contributed by atoms with Crippen LogP contribution in [0.2, 0.25) is 0 Å². The standard InChI is InChI=1S/C30H39N7O4/c1-30(2,31)29(40)33-24(20-41-19-22-10-6-4-7-11-22)27(38)34-25-18-37(21-32-25)26(23-12-8-5-9-13-23)28(39)36-16-14-35(3)15-17-36/h4-13,18,21,24,26H,14-17,19-20,31H2,1-3H3,(H,33,40)(H,34,38)/t24-,26?/m1/s1. The van der Waals surface area contributed by atoms with E-state index < -0.39 is 29.4 Å². The van der Waals surface area contributed by atoms with E-state index in [2.05, 4.69) is 20.5 Å². The Hall–Kier alpha value is -4.06. The molecule has 1 fully saturated rings. The number of likely N-dealkylation sites (N-methyl/N-ethyl adjacent to an activating group) is 1. The lowest BCUT2D eigenvalue weighted by Crippen LogP contribution is -2.56. The summed E-state index contributed by atoms with van der Waals surface area (Å²) < 4.78 is 7.47. The highest BCUT2D eigenvalue weighted by atomic mass is 16.5. The lowest BCUT2D eigenvalue weighted by Gasteiger charge is -2.35. The van der Waals surface area contributed by atoms with Crippen LogP contribution in [0.1, 0.15) is 31.0 Å². The van der Waals surface area contributed by atoms with Crippen molar-refractivity contribution in [1.82, 2.24) is 24.7 Å². The van der Waals surface area contributed by atoms with Crippen LogP contribution in [-0.2, 0) is 25.7 Å². The monoisotopic (exact) mass is 561 g/mol. The number of anilines is 1. The molecule has 4 rings (SSSR count). The van der Waals surface area contributed by atoms with Gasteiger partial charge in [-0.1, -0.05) is 60.7 Å². The fourth-order valence-corrected chi connectivity index (χ4v) is 4.43. The molecule has 0 aliphatic carbocycles. The van der Waals surface area contributed by atoms with Gasteiger partial charge in [-0.15, -0.1) is 0 Å². The fourth-order valence-electron chi connectivity index (χ4n) is 4.43. The van der Waals surface area contributed by atoms with Gasteiger partial charge in [0.15, 0.2) is 5.82 Å². The second-order valence-corrected chi connectivity index (χ2v) is 10.9. The average molecular weight is 562 g/mol. The second-order valence-electron chi connectivity index (χ2n) is 10.9. The highest BCUT2D eigenvalue weighted by Crippen LogP contribution is 2.23. The van der Waals surface area contributed by atoms with Gasteiger partial charge in [-0.25, -0.2) is 4.98 Å². The van der Waals surface area contributed by atoms with Crippen molar-refractivity contribution >= 4 is 23.5 Å². The number of benzene rings is 2. The quantitative estimate of drug-likeness (QED) is 0.324. The van der Waals surface area contributed by atoms with Crippen LogP contribution >= 0.6 is 0 Å². The van der Waals surface area contributed by atoms with E-state index in [1.54, 1.807) is 24.6 Å². The summed E-state index contributed by atoms with van der Waals surface area (Å²) in [4.78, 5) is 48.0. The molecule has 3 aromatic rings. The van der Waals surface area contributed by atoms with Gasteiger partial charge in [0, 0.05) is 32.4 Å². The van der Waals surface area contributed by atoms with Crippen molar-refractivity contribution in [3.8, 4) is 0 Å². The van der Waals surface area contributed by atoms with Crippen LogP contribution in [0.15, 0.2) is 73.2 Å². The zero-order chi connectivity index (χ0) is 29.4. The largest absolute Gasteiger partial charge is 0.374 e. The van der Waals surface area contributed by atoms with E-state index in [0.717, 1.165) is 24.2 Å². The van der Waals surface area contributed by atoms with Gasteiger partial charge in [-0.3, -0.25) is 14.4 Å². The molecule has 41 heavy (non-hydrogen) atoms. The summed E-state index contributed by atoms with van der Waals surface area (Å²) >= 11 is 0. The van der Waals surface area contributed by atoms with Gasteiger partial charge in [0.1, 0.15) is 12.1 Å². The van der Waals surface area contributed by atoms with E-state index >= 15 is 0 Å². The molecule has 2 aromatic carbocycles. The highest BCUT2D eigenvalue weighted by Gasteiger charge is 2.31. The predicted molar refractivity (Wildman–Crippen MR) is 156 cm³/mol. The van der Waals surface area contributed by atoms with Gasteiger partial charge < -0.3 is 35.5 Å². The number of piperazine rings is 1. The summed E-state index contributed by atoms with van der Waals surface area (Å²) in [5, 5.41) is 5.44. The van der Waals surface area contributed by atoms with Crippen molar-refractivity contribution in [2.45, 2.75) is 38.1 Å². The zero-order valence-electron chi connectivity index (χ0n) is 23.8. The minimum Gasteiger partial charge on any atom is -0.374 e. The normalized spacial score (nSPS) is 15.7. The molecular weight excluding hydrogens is 522 g/mol. The van der Waals surface area contributed by atoms with E-state index in [0.29, 0.717) is 13.1 Å². The number of rotatable bonds is 11. The van der Waals surface area contributed by atoms with Gasteiger partial charge in [-0.05, 0) is 32.0 Å². The van der Waals surface area contributed by atoms with Crippen molar-refractivity contribution in [3.63, 3.8) is 0 Å². The molecule has 0 bridgehead atoms. The van der Waals surface area contributed by atoms with Crippen LogP contribution < -0.4 is 16.4 Å². The smallest absolute Gasteiger partial charge is 0.250 e. The van der Waals surface area contributed by atoms with Gasteiger partial charge >= 0.3 is 0 Å². The number of hydrogen-bond donors (Lipinski definition) is 3. The summed E-state index contributed by atoms with van der Waals surface area (Å²) in [6.07, 6.45) is 3.16. The molecule has 1 unspecified atom stereocenters. The lowest BCUT2D eigenvalue weighted by atomic mass is 10.0. The van der Waals surface area contributed by atoms with Gasteiger partial charge in [0.25, 0.3) is 5.91 Å². The number of nitrogens with two attached hydrogens (primary N) is 1. The maximum Gasteiger partial charge on any atom is 0.250 e. The Morgan fingerprint density at radius 2 is 1.63 bits per heavy atom. The zero-order valence-corrected chi connectivity index (χ0v) is 23.8. The van der Waals surface area contributed by atoms with Crippen molar-refractivity contribution in [2.75, 3.05) is 45.2 Å². The molecule has 2 atom stereocenters. The van der Waals surface area contributed by atoms with E-state index in [9.17, 15) is 14.4 Å². The third-order valence-corrected chi connectivity index (χ3v) is 6.92. The third kappa shape index (κ3) is 8.23. The Bertz CT molecular complexity index is 1300. The number of imidazole rings is 1. The molecule has 0 spiro atoms. The fraction of sp³-hybridized carbons (Fsp3) is 0.400. The van der Waals surface area contributed by atoms with Crippen LogP contribution in [0.4, 0.5) is 5.82 Å². The number of carbonyl (C=O) groups is 3. The molecule has 11 heteroatoms. The van der Waals surface area contributed by atoms with E-state index in [1.165, 1.54) is 6.33 Å². The average Bonchev–Trinajstić information content (AvgIpc) is 3.41. The first kappa shape index (κ1) is 29.9. The Morgan fingerprint density at radius 3 is 2.27 bits per heavy atom. The number of carbonyl (C=O) groups excluding carboxylic acids is 3. The Balaban J connectivity index is 1.49. The van der Waals surface area contributed by atoms with Crippen LogP contribution in [-0.4, -0.2) is 88.5 Å². The molecular formula is C30H39N7O4. The maximum absolute atomic E-state index is 13.7. The number of amides is 3. The number of nitrogens with one attached hydrogen (secondary N) is 2. The van der Waals surface area contributed by atoms with Gasteiger partial charge in [-0.2, -0.15) is 0 Å². The molecule has 0 saturated carbocycles. The van der Waals surface area contributed by atoms with Crippen molar-refractivity contribution in [3.05, 3.63) is 84.3 Å². The van der Waals surface area contributed by atoms with Gasteiger partial charge in [0.2, 0.25) is 11.8 Å². The minimum atomic E-state index is -1.19. The Labute approximate surface area is 240 Å². The van der Waals surface area contributed by atoms with Crippen molar-refractivity contribution < 1.29 is 19.1 Å². The Kier molecular flexibility index (Phi) is 9.87. The molecule has 1 aliphatic rings. The molecule has 2 heterocycles. The molecule has 0 radical (unpaired) electrons. The van der Waals surface area contributed by atoms with E-state index in [1.807, 2.05) is 72.6 Å². The Morgan fingerprint density at radius 1 is 1.00 bits per heavy atom. The molecule has 1 aliphatic heterocycles.